The Hall–Kier alpha value is -2.00. The summed E-state index contributed by atoms with van der Waals surface area (Å²) in [6.07, 6.45) is 0. The molecule has 21 heavy (non-hydrogen) atoms. The average molecular weight is 281 g/mol. The fourth-order valence-corrected chi connectivity index (χ4v) is 2.87. The molecule has 1 saturated heterocycles. The Kier molecular flexibility index (Phi) is 4.11. The second-order valence-corrected chi connectivity index (χ2v) is 5.84. The number of hydrogen-bond donors (Lipinski definition) is 1. The van der Waals surface area contributed by atoms with E-state index in [1.807, 2.05) is 12.1 Å². The molecule has 110 valence electrons. The molecule has 3 rings (SSSR count). The lowest BCUT2D eigenvalue weighted by Crippen LogP contribution is -2.45. The monoisotopic (exact) mass is 281 g/mol. The van der Waals surface area contributed by atoms with Crippen LogP contribution in [0, 0.1) is 6.92 Å². The molecule has 2 N–H and O–H groups in total. The number of aryl methyl sites for hydroxylation is 1. The van der Waals surface area contributed by atoms with Crippen molar-refractivity contribution in [1.82, 2.24) is 4.90 Å². The van der Waals surface area contributed by atoms with Crippen LogP contribution in [-0.2, 0) is 6.54 Å². The molecular formula is C18H23N3. The fraction of sp³-hybridized carbons (Fsp3) is 0.333. The van der Waals surface area contributed by atoms with Crippen LogP contribution in [0.3, 0.4) is 0 Å². The highest BCUT2D eigenvalue weighted by atomic mass is 15.3. The Bertz CT molecular complexity index is 584. The van der Waals surface area contributed by atoms with E-state index in [0.717, 1.165) is 38.4 Å². The molecule has 1 aliphatic heterocycles. The van der Waals surface area contributed by atoms with Crippen molar-refractivity contribution in [2.45, 2.75) is 13.5 Å². The topological polar surface area (TPSA) is 32.5 Å². The van der Waals surface area contributed by atoms with Crippen LogP contribution in [0.1, 0.15) is 11.1 Å². The summed E-state index contributed by atoms with van der Waals surface area (Å²) in [7, 11) is 0. The van der Waals surface area contributed by atoms with Gasteiger partial charge in [0.2, 0.25) is 0 Å². The number of hydrogen-bond acceptors (Lipinski definition) is 3. The largest absolute Gasteiger partial charge is 0.399 e. The number of anilines is 2. The van der Waals surface area contributed by atoms with Gasteiger partial charge >= 0.3 is 0 Å². The summed E-state index contributed by atoms with van der Waals surface area (Å²) in [5.41, 5.74) is 10.6. The van der Waals surface area contributed by atoms with Crippen LogP contribution in [0.2, 0.25) is 0 Å². The normalized spacial score (nSPS) is 16.1. The Morgan fingerprint density at radius 1 is 0.952 bits per heavy atom. The maximum absolute atomic E-state index is 5.73. The fourth-order valence-electron chi connectivity index (χ4n) is 2.87. The van der Waals surface area contributed by atoms with Crippen molar-refractivity contribution in [1.29, 1.82) is 0 Å². The third-order valence-corrected chi connectivity index (χ3v) is 4.12. The minimum atomic E-state index is 0.836. The van der Waals surface area contributed by atoms with Crippen molar-refractivity contribution in [3.8, 4) is 0 Å². The van der Waals surface area contributed by atoms with Crippen molar-refractivity contribution in [3.63, 3.8) is 0 Å². The zero-order valence-corrected chi connectivity index (χ0v) is 12.6. The van der Waals surface area contributed by atoms with Gasteiger partial charge in [0.05, 0.1) is 0 Å². The van der Waals surface area contributed by atoms with Crippen LogP contribution in [0.15, 0.2) is 48.5 Å². The smallest absolute Gasteiger partial charge is 0.0369 e. The lowest BCUT2D eigenvalue weighted by Gasteiger charge is -2.36. The van der Waals surface area contributed by atoms with Gasteiger partial charge in [0.25, 0.3) is 0 Å². The van der Waals surface area contributed by atoms with Crippen LogP contribution >= 0.6 is 0 Å². The Morgan fingerprint density at radius 3 is 2.33 bits per heavy atom. The quantitative estimate of drug-likeness (QED) is 0.878. The molecular weight excluding hydrogens is 258 g/mol. The van der Waals surface area contributed by atoms with E-state index in [1.54, 1.807) is 0 Å². The van der Waals surface area contributed by atoms with Gasteiger partial charge in [-0.2, -0.15) is 0 Å². The summed E-state index contributed by atoms with van der Waals surface area (Å²) >= 11 is 0. The van der Waals surface area contributed by atoms with Crippen LogP contribution in [0.5, 0.6) is 0 Å². The Labute approximate surface area is 127 Å². The minimum absolute atomic E-state index is 0.836. The van der Waals surface area contributed by atoms with Crippen molar-refractivity contribution in [2.24, 2.45) is 0 Å². The SMILES string of the molecule is Cc1cccc(N2CCN(Cc3ccc(N)cc3)CC2)c1. The standard InChI is InChI=1S/C18H23N3/c1-15-3-2-4-18(13-15)21-11-9-20(10-12-21)14-16-5-7-17(19)8-6-16/h2-8,13H,9-12,14,19H2,1H3. The van der Waals surface area contributed by atoms with Gasteiger partial charge in [-0.05, 0) is 42.3 Å². The van der Waals surface area contributed by atoms with Gasteiger partial charge in [-0.15, -0.1) is 0 Å². The summed E-state index contributed by atoms with van der Waals surface area (Å²) in [4.78, 5) is 4.99. The van der Waals surface area contributed by atoms with E-state index >= 15 is 0 Å². The van der Waals surface area contributed by atoms with E-state index in [0.29, 0.717) is 0 Å². The number of nitrogens with two attached hydrogens (primary N) is 1. The van der Waals surface area contributed by atoms with Gasteiger partial charge in [0.1, 0.15) is 0 Å². The first-order valence-corrected chi connectivity index (χ1v) is 7.59. The van der Waals surface area contributed by atoms with E-state index in [2.05, 4.69) is 53.1 Å². The number of piperazine rings is 1. The molecule has 1 heterocycles. The summed E-state index contributed by atoms with van der Waals surface area (Å²) in [5, 5.41) is 0. The highest BCUT2D eigenvalue weighted by Crippen LogP contribution is 2.18. The van der Waals surface area contributed by atoms with Crippen molar-refractivity contribution < 1.29 is 0 Å². The Morgan fingerprint density at radius 2 is 1.67 bits per heavy atom. The molecule has 2 aromatic rings. The summed E-state index contributed by atoms with van der Waals surface area (Å²) < 4.78 is 0. The highest BCUT2D eigenvalue weighted by molar-refractivity contribution is 5.48. The molecule has 0 unspecified atom stereocenters. The lowest BCUT2D eigenvalue weighted by molar-refractivity contribution is 0.250. The summed E-state index contributed by atoms with van der Waals surface area (Å²) in [6, 6.07) is 17.0. The average Bonchev–Trinajstić information content (AvgIpc) is 2.50. The van der Waals surface area contributed by atoms with E-state index in [4.69, 9.17) is 5.73 Å². The zero-order chi connectivity index (χ0) is 14.7. The highest BCUT2D eigenvalue weighted by Gasteiger charge is 2.17. The van der Waals surface area contributed by atoms with Gasteiger partial charge in [0.15, 0.2) is 0 Å². The summed E-state index contributed by atoms with van der Waals surface area (Å²) in [6.45, 7) is 7.58. The predicted molar refractivity (Wildman–Crippen MR) is 89.5 cm³/mol. The van der Waals surface area contributed by atoms with Crippen LogP contribution in [0.25, 0.3) is 0 Å². The van der Waals surface area contributed by atoms with Crippen molar-refractivity contribution in [3.05, 3.63) is 59.7 Å². The van der Waals surface area contributed by atoms with E-state index in [-0.39, 0.29) is 0 Å². The third-order valence-electron chi connectivity index (χ3n) is 4.12. The molecule has 0 radical (unpaired) electrons. The van der Waals surface area contributed by atoms with Crippen LogP contribution in [0.4, 0.5) is 11.4 Å². The maximum atomic E-state index is 5.73. The number of nitrogens with zero attached hydrogens (tertiary/aromatic N) is 2. The summed E-state index contributed by atoms with van der Waals surface area (Å²) in [5.74, 6) is 0. The molecule has 0 saturated carbocycles. The predicted octanol–water partition coefficient (Wildman–Crippen LogP) is 2.90. The zero-order valence-electron chi connectivity index (χ0n) is 12.6. The van der Waals surface area contributed by atoms with E-state index < -0.39 is 0 Å². The first kappa shape index (κ1) is 14.0. The second kappa shape index (κ2) is 6.19. The van der Waals surface area contributed by atoms with Crippen LogP contribution in [-0.4, -0.2) is 31.1 Å². The van der Waals surface area contributed by atoms with Crippen LogP contribution < -0.4 is 10.6 Å². The first-order valence-electron chi connectivity index (χ1n) is 7.59. The minimum Gasteiger partial charge on any atom is -0.399 e. The van der Waals surface area contributed by atoms with Crippen molar-refractivity contribution in [2.75, 3.05) is 36.8 Å². The molecule has 0 atom stereocenters. The molecule has 3 nitrogen and oxygen atoms in total. The lowest BCUT2D eigenvalue weighted by atomic mass is 10.1. The molecule has 0 amide bonds. The maximum Gasteiger partial charge on any atom is 0.0369 e. The molecule has 2 aromatic carbocycles. The molecule has 3 heteroatoms. The molecule has 0 bridgehead atoms. The number of nitrogen functional groups attached to an aromatic ring is 1. The van der Waals surface area contributed by atoms with E-state index in [9.17, 15) is 0 Å². The first-order chi connectivity index (χ1) is 10.2. The molecule has 1 aliphatic rings. The molecule has 1 fully saturated rings. The van der Waals surface area contributed by atoms with Gasteiger partial charge in [-0.3, -0.25) is 4.90 Å². The second-order valence-electron chi connectivity index (χ2n) is 5.84. The molecule has 0 aliphatic carbocycles. The van der Waals surface area contributed by atoms with Crippen molar-refractivity contribution >= 4 is 11.4 Å². The number of benzene rings is 2. The Balaban J connectivity index is 1.56. The molecule has 0 spiro atoms. The number of rotatable bonds is 3. The van der Waals surface area contributed by atoms with Gasteiger partial charge in [-0.25, -0.2) is 0 Å². The van der Waals surface area contributed by atoms with E-state index in [1.165, 1.54) is 16.8 Å². The van der Waals surface area contributed by atoms with Gasteiger partial charge in [0, 0.05) is 44.1 Å². The van der Waals surface area contributed by atoms with Gasteiger partial charge in [-0.1, -0.05) is 24.3 Å². The molecule has 0 aromatic heterocycles. The third kappa shape index (κ3) is 3.56. The van der Waals surface area contributed by atoms with Gasteiger partial charge < -0.3 is 10.6 Å².